The Morgan fingerprint density at radius 3 is 2.38 bits per heavy atom. The zero-order valence-corrected chi connectivity index (χ0v) is 13.5. The Bertz CT molecular complexity index is 686. The van der Waals surface area contributed by atoms with Crippen LogP contribution in [0.2, 0.25) is 0 Å². The molecule has 7 heteroatoms. The molecule has 0 aliphatic carbocycles. The number of thiocarbonyl (C=S) groups is 1. The maximum atomic E-state index is 12.9. The van der Waals surface area contributed by atoms with Crippen LogP contribution in [0.5, 0.6) is 0 Å². The first kappa shape index (κ1) is 16.0. The highest BCUT2D eigenvalue weighted by Gasteiger charge is 2.34. The van der Waals surface area contributed by atoms with E-state index >= 15 is 0 Å². The van der Waals surface area contributed by atoms with E-state index in [0.29, 0.717) is 5.69 Å². The average molecular weight is 422 g/mol. The molecule has 2 aromatic rings. The Labute approximate surface area is 138 Å². The normalized spacial score (nSPS) is 11.2. The molecule has 0 radical (unpaired) electrons. The fraction of sp³-hybridized carbons (Fsp3) is 0.0714. The van der Waals surface area contributed by atoms with Gasteiger partial charge in [-0.2, -0.15) is 13.2 Å². The third-order valence-electron chi connectivity index (χ3n) is 2.74. The van der Waals surface area contributed by atoms with Crippen molar-refractivity contribution in [3.63, 3.8) is 0 Å². The number of para-hydroxylation sites is 1. The molecule has 110 valence electrons. The Balaban J connectivity index is 2.42. The van der Waals surface area contributed by atoms with Crippen LogP contribution in [-0.4, -0.2) is 4.99 Å². The zero-order valence-electron chi connectivity index (χ0n) is 10.5. The van der Waals surface area contributed by atoms with Crippen LogP contribution >= 0.6 is 34.8 Å². The molecular formula is C14H10F3IN2S. The fourth-order valence-corrected chi connectivity index (χ4v) is 2.48. The van der Waals surface area contributed by atoms with Gasteiger partial charge in [-0.1, -0.05) is 24.4 Å². The van der Waals surface area contributed by atoms with Gasteiger partial charge in [0.25, 0.3) is 0 Å². The van der Waals surface area contributed by atoms with E-state index in [2.05, 4.69) is 27.9 Å². The summed E-state index contributed by atoms with van der Waals surface area (Å²) in [4.78, 5) is -0.284. The monoisotopic (exact) mass is 422 g/mol. The number of alkyl halides is 3. The van der Waals surface area contributed by atoms with Gasteiger partial charge in [-0.3, -0.25) is 0 Å². The quantitative estimate of drug-likeness (QED) is 0.557. The molecule has 0 heterocycles. The van der Waals surface area contributed by atoms with Crippen molar-refractivity contribution in [2.75, 3.05) is 5.32 Å². The van der Waals surface area contributed by atoms with E-state index in [1.807, 2.05) is 24.3 Å². The number of nitrogens with two attached hydrogens (primary N) is 1. The molecule has 21 heavy (non-hydrogen) atoms. The van der Waals surface area contributed by atoms with Crippen molar-refractivity contribution < 1.29 is 13.2 Å². The largest absolute Gasteiger partial charge is 0.417 e. The molecule has 0 spiro atoms. The van der Waals surface area contributed by atoms with Crippen molar-refractivity contribution in [2.24, 2.45) is 5.73 Å². The summed E-state index contributed by atoms with van der Waals surface area (Å²) >= 11 is 6.85. The molecule has 0 amide bonds. The van der Waals surface area contributed by atoms with Gasteiger partial charge >= 0.3 is 6.18 Å². The summed E-state index contributed by atoms with van der Waals surface area (Å²) in [5.41, 5.74) is 5.68. The number of nitrogens with one attached hydrogen (secondary N) is 1. The first-order chi connectivity index (χ1) is 9.79. The maximum Gasteiger partial charge on any atom is 0.417 e. The highest BCUT2D eigenvalue weighted by molar-refractivity contribution is 14.1. The minimum absolute atomic E-state index is 0.187. The Morgan fingerprint density at radius 2 is 1.81 bits per heavy atom. The van der Waals surface area contributed by atoms with E-state index < -0.39 is 11.7 Å². The van der Waals surface area contributed by atoms with Crippen molar-refractivity contribution >= 4 is 51.2 Å². The standard InChI is InChI=1S/C14H10F3IN2S/c15-14(16,17)10-6-5-8(7-9(10)13(19)21)20-12-4-2-1-3-11(12)18/h1-7,20H,(H2,19,21). The van der Waals surface area contributed by atoms with Crippen molar-refractivity contribution in [3.05, 3.63) is 57.2 Å². The minimum atomic E-state index is -4.49. The average Bonchev–Trinajstić information content (AvgIpc) is 2.40. The summed E-state index contributed by atoms with van der Waals surface area (Å²) in [6.45, 7) is 0. The van der Waals surface area contributed by atoms with Crippen molar-refractivity contribution in [3.8, 4) is 0 Å². The maximum absolute atomic E-state index is 12.9. The number of hydrogen-bond acceptors (Lipinski definition) is 2. The summed E-state index contributed by atoms with van der Waals surface area (Å²) in [5.74, 6) is 0. The van der Waals surface area contributed by atoms with Crippen LogP contribution in [0.1, 0.15) is 11.1 Å². The highest BCUT2D eigenvalue weighted by atomic mass is 127. The van der Waals surface area contributed by atoms with Gasteiger partial charge in [-0.25, -0.2) is 0 Å². The summed E-state index contributed by atoms with van der Waals surface area (Å²) < 4.78 is 39.6. The second-order valence-electron chi connectivity index (χ2n) is 4.23. The molecule has 0 aliphatic rings. The van der Waals surface area contributed by atoms with Crippen LogP contribution in [0.3, 0.4) is 0 Å². The number of hydrogen-bond donors (Lipinski definition) is 2. The van der Waals surface area contributed by atoms with E-state index in [-0.39, 0.29) is 10.6 Å². The first-order valence-electron chi connectivity index (χ1n) is 5.81. The predicted octanol–water partition coefficient (Wildman–Crippen LogP) is 4.69. The molecule has 2 aromatic carbocycles. The van der Waals surface area contributed by atoms with Crippen molar-refractivity contribution in [1.82, 2.24) is 0 Å². The molecular weight excluding hydrogens is 412 g/mol. The number of benzene rings is 2. The number of rotatable bonds is 3. The Hall–Kier alpha value is -1.35. The van der Waals surface area contributed by atoms with Crippen LogP contribution in [0.25, 0.3) is 0 Å². The molecule has 0 aromatic heterocycles. The second-order valence-corrected chi connectivity index (χ2v) is 5.83. The summed E-state index contributed by atoms with van der Waals surface area (Å²) in [6, 6.07) is 11.1. The minimum Gasteiger partial charge on any atom is -0.389 e. The molecule has 0 bridgehead atoms. The summed E-state index contributed by atoms with van der Waals surface area (Å²) in [5, 5.41) is 3.06. The fourth-order valence-electron chi connectivity index (χ4n) is 1.79. The lowest BCUT2D eigenvalue weighted by atomic mass is 10.1. The predicted molar refractivity (Wildman–Crippen MR) is 89.8 cm³/mol. The molecule has 2 nitrogen and oxygen atoms in total. The summed E-state index contributed by atoms with van der Waals surface area (Å²) in [6.07, 6.45) is -4.49. The number of anilines is 2. The third kappa shape index (κ3) is 3.85. The third-order valence-corrected chi connectivity index (χ3v) is 3.90. The highest BCUT2D eigenvalue weighted by Crippen LogP contribution is 2.34. The topological polar surface area (TPSA) is 38.0 Å². The van der Waals surface area contributed by atoms with Crippen LogP contribution in [-0.2, 0) is 6.18 Å². The number of halogens is 4. The van der Waals surface area contributed by atoms with E-state index in [1.54, 1.807) is 0 Å². The van der Waals surface area contributed by atoms with Gasteiger partial charge in [0.1, 0.15) is 4.99 Å². The molecule has 0 saturated carbocycles. The van der Waals surface area contributed by atoms with Gasteiger partial charge in [0, 0.05) is 14.8 Å². The van der Waals surface area contributed by atoms with E-state index in [9.17, 15) is 13.2 Å². The van der Waals surface area contributed by atoms with E-state index in [4.69, 9.17) is 18.0 Å². The first-order valence-corrected chi connectivity index (χ1v) is 7.30. The van der Waals surface area contributed by atoms with Gasteiger partial charge < -0.3 is 11.1 Å². The van der Waals surface area contributed by atoms with Crippen LogP contribution in [0.15, 0.2) is 42.5 Å². The van der Waals surface area contributed by atoms with Gasteiger partial charge in [-0.05, 0) is 52.9 Å². The van der Waals surface area contributed by atoms with E-state index in [0.717, 1.165) is 15.3 Å². The van der Waals surface area contributed by atoms with E-state index in [1.165, 1.54) is 12.1 Å². The van der Waals surface area contributed by atoms with Gasteiger partial charge in [0.05, 0.1) is 11.3 Å². The molecule has 0 fully saturated rings. The molecule has 0 saturated heterocycles. The summed E-state index contributed by atoms with van der Waals surface area (Å²) in [7, 11) is 0. The molecule has 0 aliphatic heterocycles. The Morgan fingerprint density at radius 1 is 1.14 bits per heavy atom. The molecule has 0 unspecified atom stereocenters. The van der Waals surface area contributed by atoms with Gasteiger partial charge in [0.15, 0.2) is 0 Å². The SMILES string of the molecule is NC(=S)c1cc(Nc2ccccc2I)ccc1C(F)(F)F. The zero-order chi connectivity index (χ0) is 15.6. The second kappa shape index (κ2) is 6.18. The van der Waals surface area contributed by atoms with Crippen LogP contribution in [0, 0.1) is 3.57 Å². The lowest BCUT2D eigenvalue weighted by molar-refractivity contribution is -0.137. The molecule has 3 N–H and O–H groups in total. The van der Waals surface area contributed by atoms with Crippen LogP contribution in [0.4, 0.5) is 24.5 Å². The molecule has 2 rings (SSSR count). The molecule has 0 atom stereocenters. The lowest BCUT2D eigenvalue weighted by Crippen LogP contribution is -2.18. The lowest BCUT2D eigenvalue weighted by Gasteiger charge is -2.15. The smallest absolute Gasteiger partial charge is 0.389 e. The van der Waals surface area contributed by atoms with Gasteiger partial charge in [-0.15, -0.1) is 0 Å². The van der Waals surface area contributed by atoms with Crippen molar-refractivity contribution in [2.45, 2.75) is 6.18 Å². The van der Waals surface area contributed by atoms with Crippen LogP contribution < -0.4 is 11.1 Å². The Kier molecular flexibility index (Phi) is 4.72. The van der Waals surface area contributed by atoms with Gasteiger partial charge in [0.2, 0.25) is 0 Å². The van der Waals surface area contributed by atoms with Crippen molar-refractivity contribution in [1.29, 1.82) is 0 Å².